The molecule has 1 amide bonds. The van der Waals surface area contributed by atoms with Crippen molar-refractivity contribution in [1.82, 2.24) is 28.9 Å². The number of nitrogens with zero attached hydrogens (tertiary/aromatic N) is 7. The molecule has 7 aromatic rings. The lowest BCUT2D eigenvalue weighted by Gasteiger charge is -2.34. The third-order valence-corrected chi connectivity index (χ3v) is 11.9. The summed E-state index contributed by atoms with van der Waals surface area (Å²) in [6.07, 6.45) is 4.19. The van der Waals surface area contributed by atoms with Crippen LogP contribution in [0.1, 0.15) is 74.1 Å². The van der Waals surface area contributed by atoms with Gasteiger partial charge in [0.25, 0.3) is 5.91 Å². The summed E-state index contributed by atoms with van der Waals surface area (Å²) in [7, 11) is 1.91. The van der Waals surface area contributed by atoms with Crippen LogP contribution in [0.15, 0.2) is 67.1 Å². The molecule has 0 saturated heterocycles. The Bertz CT molecular complexity index is 2690. The third-order valence-electron chi connectivity index (χ3n) is 10.9. The minimum absolute atomic E-state index is 0.0174. The zero-order valence-electron chi connectivity index (χ0n) is 32.0. The number of amides is 1. The number of benzene rings is 3. The van der Waals surface area contributed by atoms with E-state index in [0.29, 0.717) is 52.4 Å². The number of ether oxygens (including phenoxy) is 1. The lowest BCUT2D eigenvalue weighted by atomic mass is 9.98. The first-order chi connectivity index (χ1) is 26.9. The van der Waals surface area contributed by atoms with Crippen LogP contribution in [0, 0.1) is 27.7 Å². The summed E-state index contributed by atoms with van der Waals surface area (Å²) in [6, 6.07) is 16.7. The van der Waals surface area contributed by atoms with E-state index >= 15 is 4.79 Å². The van der Waals surface area contributed by atoms with Crippen LogP contribution in [0.3, 0.4) is 0 Å². The Morgan fingerprint density at radius 1 is 1.00 bits per heavy atom. The molecule has 0 saturated carbocycles. The molecule has 4 aromatic heterocycles. The molecule has 0 spiro atoms. The molecular weight excluding hydrogens is 749 g/mol. The summed E-state index contributed by atoms with van der Waals surface area (Å²) in [5.74, 6) is -0.688. The fraction of sp³-hybridized carbons (Fsp3) is 0.279. The number of hydrogen-bond acceptors (Lipinski definition) is 6. The number of carbonyl (C=O) groups excluding carboxylic acids is 1. The largest absolute Gasteiger partial charge is 0.494 e. The minimum atomic E-state index is -1.14. The van der Waals surface area contributed by atoms with E-state index in [-0.39, 0.29) is 30.7 Å². The number of aromatic nitrogens is 6. The molecule has 13 heteroatoms. The lowest BCUT2D eigenvalue weighted by Crippen LogP contribution is -2.43. The molecule has 0 bridgehead atoms. The van der Waals surface area contributed by atoms with Gasteiger partial charge in [0.05, 0.1) is 46.3 Å². The van der Waals surface area contributed by atoms with Gasteiger partial charge in [-0.2, -0.15) is 5.10 Å². The molecule has 8 rings (SSSR count). The number of fused-ring (bicyclic) bond motifs is 4. The molecule has 286 valence electrons. The van der Waals surface area contributed by atoms with Crippen molar-refractivity contribution in [3.05, 3.63) is 122 Å². The second-order valence-corrected chi connectivity index (χ2v) is 15.4. The summed E-state index contributed by atoms with van der Waals surface area (Å²) in [4.78, 5) is 38.7. The van der Waals surface area contributed by atoms with Crippen molar-refractivity contribution in [3.63, 3.8) is 0 Å². The van der Waals surface area contributed by atoms with Crippen molar-refractivity contribution in [2.45, 2.75) is 60.0 Å². The van der Waals surface area contributed by atoms with Crippen molar-refractivity contribution in [2.24, 2.45) is 7.05 Å². The smallest absolute Gasteiger partial charge is 0.354 e. The van der Waals surface area contributed by atoms with Crippen LogP contribution in [-0.2, 0) is 20.0 Å². The van der Waals surface area contributed by atoms with Gasteiger partial charge in [-0.25, -0.2) is 14.8 Å². The average Bonchev–Trinajstić information content (AvgIpc) is 3.77. The predicted molar refractivity (Wildman–Crippen MR) is 220 cm³/mol. The number of carboxylic acid groups (broad SMARTS) is 1. The zero-order chi connectivity index (χ0) is 39.6. The second kappa shape index (κ2) is 14.5. The third kappa shape index (κ3) is 6.10. The minimum Gasteiger partial charge on any atom is -0.494 e. The molecule has 56 heavy (non-hydrogen) atoms. The Hall–Kier alpha value is -5.65. The maximum Gasteiger partial charge on any atom is 0.354 e. The Balaban J connectivity index is 1.30. The van der Waals surface area contributed by atoms with E-state index in [1.807, 2.05) is 88.0 Å². The molecule has 0 fully saturated rings. The van der Waals surface area contributed by atoms with Gasteiger partial charge in [-0.1, -0.05) is 47.5 Å². The lowest BCUT2D eigenvalue weighted by molar-refractivity contribution is 0.0687. The van der Waals surface area contributed by atoms with E-state index in [1.54, 1.807) is 21.7 Å². The van der Waals surface area contributed by atoms with Gasteiger partial charge in [0.15, 0.2) is 5.69 Å². The molecule has 11 nitrogen and oxygen atoms in total. The van der Waals surface area contributed by atoms with Crippen molar-refractivity contribution in [1.29, 1.82) is 0 Å². The number of anilines is 1. The molecule has 0 aliphatic carbocycles. The molecular formula is C43H41Cl2N7O4. The Morgan fingerprint density at radius 2 is 1.75 bits per heavy atom. The highest BCUT2D eigenvalue weighted by atomic mass is 35.5. The first-order valence-corrected chi connectivity index (χ1v) is 19.3. The highest BCUT2D eigenvalue weighted by molar-refractivity contribution is 6.35. The van der Waals surface area contributed by atoms with E-state index in [4.69, 9.17) is 33.0 Å². The first kappa shape index (κ1) is 37.3. The van der Waals surface area contributed by atoms with Gasteiger partial charge < -0.3 is 23.9 Å². The summed E-state index contributed by atoms with van der Waals surface area (Å²) in [5.41, 5.74) is 9.34. The zero-order valence-corrected chi connectivity index (χ0v) is 33.5. The number of para-hydroxylation sites is 1. The molecule has 0 unspecified atom stereocenters. The fourth-order valence-electron chi connectivity index (χ4n) is 8.44. The molecule has 1 N–H and O–H groups in total. The summed E-state index contributed by atoms with van der Waals surface area (Å²) in [5, 5.41) is 18.4. The Labute approximate surface area is 334 Å². The van der Waals surface area contributed by atoms with Gasteiger partial charge in [-0.05, 0) is 94.5 Å². The molecule has 5 heterocycles. The molecule has 1 aliphatic rings. The second-order valence-electron chi connectivity index (χ2n) is 14.6. The fourth-order valence-corrected chi connectivity index (χ4v) is 8.79. The highest BCUT2D eigenvalue weighted by Gasteiger charge is 2.40. The van der Waals surface area contributed by atoms with Crippen LogP contribution in [-0.4, -0.2) is 59.0 Å². The van der Waals surface area contributed by atoms with Gasteiger partial charge in [0.1, 0.15) is 17.8 Å². The van der Waals surface area contributed by atoms with Crippen LogP contribution in [0.2, 0.25) is 10.0 Å². The van der Waals surface area contributed by atoms with E-state index in [1.165, 1.54) is 6.33 Å². The topological polar surface area (TPSA) is 120 Å². The van der Waals surface area contributed by atoms with E-state index < -0.39 is 5.97 Å². The number of rotatable bonds is 10. The van der Waals surface area contributed by atoms with Crippen LogP contribution < -0.4 is 9.64 Å². The number of aromatic carboxylic acids is 1. The van der Waals surface area contributed by atoms with E-state index in [9.17, 15) is 9.90 Å². The van der Waals surface area contributed by atoms with Gasteiger partial charge in [0.2, 0.25) is 0 Å². The first-order valence-electron chi connectivity index (χ1n) is 18.5. The summed E-state index contributed by atoms with van der Waals surface area (Å²) >= 11 is 13.5. The van der Waals surface area contributed by atoms with E-state index in [0.717, 1.165) is 60.9 Å². The number of carboxylic acids is 1. The number of aryl methyl sites for hydroxylation is 5. The quantitative estimate of drug-likeness (QED) is 0.137. The summed E-state index contributed by atoms with van der Waals surface area (Å²) in [6.45, 7) is 10.8. The number of halogens is 2. The van der Waals surface area contributed by atoms with Crippen LogP contribution >= 0.6 is 23.2 Å². The normalized spacial score (nSPS) is 14.2. The van der Waals surface area contributed by atoms with E-state index in [2.05, 4.69) is 21.5 Å². The number of hydrogen-bond donors (Lipinski definition) is 1. The standard InChI is InChI=1S/C43H41Cl2N7O4/c1-23-18-29(19-24(2)37(23)45)56-17-9-11-30-31-13-14-33(44)36(35-26(4)48-49(6)27(35)5)38(31)52-25(3)20-51(42(53)40(30)52)39-32-10-7-8-12-34(32)50(41(39)43(54)55)21-28-15-16-46-22-47-28/h7-8,10,12-16,18-19,22,25H,9,11,17,20-21H2,1-6H3,(H,54,55)/t25-/m1/s1. The highest BCUT2D eigenvalue weighted by Crippen LogP contribution is 2.46. The maximum absolute atomic E-state index is 15.4. The predicted octanol–water partition coefficient (Wildman–Crippen LogP) is 9.31. The van der Waals surface area contributed by atoms with Gasteiger partial charge in [-0.3, -0.25) is 9.48 Å². The average molecular weight is 791 g/mol. The van der Waals surface area contributed by atoms with Crippen molar-refractivity contribution in [2.75, 3.05) is 18.1 Å². The van der Waals surface area contributed by atoms with Gasteiger partial charge in [0, 0.05) is 58.4 Å². The molecule has 1 aliphatic heterocycles. The van der Waals surface area contributed by atoms with Crippen molar-refractivity contribution < 1.29 is 19.4 Å². The van der Waals surface area contributed by atoms with Crippen LogP contribution in [0.5, 0.6) is 5.75 Å². The SMILES string of the molecule is Cc1cc(OCCCc2c3n(c4c(-c5c(C)nn(C)c5C)c(Cl)ccc24)[C@H](C)CN(c2c(C(=O)O)n(Cc4ccncn4)c4ccccc24)C3=O)cc(C)c1Cl. The molecule has 0 radical (unpaired) electrons. The van der Waals surface area contributed by atoms with Crippen LogP contribution in [0.4, 0.5) is 5.69 Å². The van der Waals surface area contributed by atoms with Gasteiger partial charge >= 0.3 is 5.97 Å². The Morgan fingerprint density at radius 3 is 2.43 bits per heavy atom. The van der Waals surface area contributed by atoms with Crippen molar-refractivity contribution in [3.8, 4) is 16.9 Å². The Kier molecular flexibility index (Phi) is 9.62. The monoisotopic (exact) mass is 789 g/mol. The van der Waals surface area contributed by atoms with Crippen LogP contribution in [0.25, 0.3) is 32.9 Å². The molecule has 3 aromatic carbocycles. The molecule has 1 atom stereocenters. The van der Waals surface area contributed by atoms with Gasteiger partial charge in [-0.15, -0.1) is 0 Å². The number of carbonyl (C=O) groups is 2. The maximum atomic E-state index is 15.4. The van der Waals surface area contributed by atoms with Crippen molar-refractivity contribution >= 4 is 62.6 Å². The summed E-state index contributed by atoms with van der Waals surface area (Å²) < 4.78 is 11.9.